The Kier molecular flexibility index (Phi) is 12.6. The molecule has 1 unspecified atom stereocenters. The fraction of sp³-hybridized carbons (Fsp3) is 0.556. The van der Waals surface area contributed by atoms with E-state index in [-0.39, 0.29) is 42.5 Å². The molecule has 7 nitrogen and oxygen atoms in total. The first-order chi connectivity index (χ1) is 12.0. The molecule has 1 rings (SSSR count). The summed E-state index contributed by atoms with van der Waals surface area (Å²) in [5.74, 6) is 1.95. The molecule has 1 atom stereocenters. The number of ether oxygens (including phenoxy) is 2. The predicted molar refractivity (Wildman–Crippen MR) is 116 cm³/mol. The summed E-state index contributed by atoms with van der Waals surface area (Å²) in [4.78, 5) is 17.5. The number of aliphatic imine (C=N–C) groups is 1. The van der Waals surface area contributed by atoms with E-state index in [0.29, 0.717) is 24.0 Å². The molecule has 0 aliphatic carbocycles. The third-order valence-corrected chi connectivity index (χ3v) is 3.37. The summed E-state index contributed by atoms with van der Waals surface area (Å²) < 4.78 is 11.2. The van der Waals surface area contributed by atoms with Crippen LogP contribution in [0.5, 0.6) is 11.5 Å². The number of guanidine groups is 1. The molecule has 1 aromatic carbocycles. The Labute approximate surface area is 173 Å². The van der Waals surface area contributed by atoms with Crippen molar-refractivity contribution in [3.63, 3.8) is 0 Å². The van der Waals surface area contributed by atoms with E-state index >= 15 is 0 Å². The lowest BCUT2D eigenvalue weighted by Gasteiger charge is -2.19. The second kappa shape index (κ2) is 13.5. The van der Waals surface area contributed by atoms with Crippen LogP contribution in [-0.4, -0.2) is 63.7 Å². The highest BCUT2D eigenvalue weighted by Crippen LogP contribution is 2.26. The quantitative estimate of drug-likeness (QED) is 0.323. The summed E-state index contributed by atoms with van der Waals surface area (Å²) in [6.45, 7) is 5.46. The maximum absolute atomic E-state index is 11.7. The van der Waals surface area contributed by atoms with Crippen LogP contribution in [0.1, 0.15) is 20.3 Å². The van der Waals surface area contributed by atoms with Crippen molar-refractivity contribution in [3.05, 3.63) is 24.3 Å². The fourth-order valence-electron chi connectivity index (χ4n) is 1.92. The molecule has 0 aromatic heterocycles. The summed E-state index contributed by atoms with van der Waals surface area (Å²) in [6.07, 6.45) is 0.866. The molecule has 1 aromatic rings. The van der Waals surface area contributed by atoms with Crippen LogP contribution in [0.4, 0.5) is 0 Å². The Morgan fingerprint density at radius 2 is 1.88 bits per heavy atom. The Hall–Kier alpha value is -1.71. The number of nitrogens with zero attached hydrogens (tertiary/aromatic N) is 2. The number of amides is 1. The van der Waals surface area contributed by atoms with Gasteiger partial charge in [0.25, 0.3) is 0 Å². The second-order valence-electron chi connectivity index (χ2n) is 5.84. The number of benzene rings is 1. The highest BCUT2D eigenvalue weighted by atomic mass is 127. The monoisotopic (exact) mass is 478 g/mol. The number of halogens is 1. The summed E-state index contributed by atoms with van der Waals surface area (Å²) in [5, 5.41) is 6.40. The molecule has 0 saturated heterocycles. The van der Waals surface area contributed by atoms with Crippen molar-refractivity contribution in [2.45, 2.75) is 26.4 Å². The van der Waals surface area contributed by atoms with Gasteiger partial charge in [0.2, 0.25) is 5.91 Å². The third kappa shape index (κ3) is 9.12. The average molecular weight is 478 g/mol. The summed E-state index contributed by atoms with van der Waals surface area (Å²) in [6, 6.07) is 7.53. The highest BCUT2D eigenvalue weighted by molar-refractivity contribution is 14.0. The molecule has 0 aliphatic heterocycles. The lowest BCUT2D eigenvalue weighted by molar-refractivity contribution is -0.127. The Morgan fingerprint density at radius 1 is 1.23 bits per heavy atom. The van der Waals surface area contributed by atoms with E-state index < -0.39 is 0 Å². The number of carbonyl (C=O) groups excluding carboxylic acids is 1. The predicted octanol–water partition coefficient (Wildman–Crippen LogP) is 2.11. The molecule has 8 heteroatoms. The summed E-state index contributed by atoms with van der Waals surface area (Å²) in [5.41, 5.74) is 0. The molecule has 0 aliphatic rings. The molecule has 0 heterocycles. The van der Waals surface area contributed by atoms with E-state index in [2.05, 4.69) is 22.5 Å². The molecule has 0 spiro atoms. The van der Waals surface area contributed by atoms with Crippen LogP contribution in [-0.2, 0) is 4.79 Å². The number of methoxy groups -OCH3 is 1. The molecule has 26 heavy (non-hydrogen) atoms. The van der Waals surface area contributed by atoms with E-state index in [4.69, 9.17) is 9.47 Å². The van der Waals surface area contributed by atoms with Gasteiger partial charge in [-0.05, 0) is 25.5 Å². The zero-order valence-electron chi connectivity index (χ0n) is 16.2. The average Bonchev–Trinajstić information content (AvgIpc) is 2.61. The van der Waals surface area contributed by atoms with Gasteiger partial charge in [-0.3, -0.25) is 4.79 Å². The Morgan fingerprint density at radius 3 is 2.46 bits per heavy atom. The first-order valence-corrected chi connectivity index (χ1v) is 8.49. The van der Waals surface area contributed by atoms with E-state index in [9.17, 15) is 4.79 Å². The van der Waals surface area contributed by atoms with Gasteiger partial charge in [-0.25, -0.2) is 4.99 Å². The molecule has 1 amide bonds. The van der Waals surface area contributed by atoms with Crippen LogP contribution in [0.25, 0.3) is 0 Å². The molecule has 0 radical (unpaired) electrons. The zero-order chi connectivity index (χ0) is 18.7. The van der Waals surface area contributed by atoms with Gasteiger partial charge in [0.05, 0.1) is 13.7 Å². The number of rotatable bonds is 9. The maximum Gasteiger partial charge on any atom is 0.243 e. The van der Waals surface area contributed by atoms with E-state index in [0.717, 1.165) is 13.0 Å². The second-order valence-corrected chi connectivity index (χ2v) is 5.84. The normalized spacial score (nSPS) is 11.8. The minimum Gasteiger partial charge on any atom is -0.493 e. The van der Waals surface area contributed by atoms with Gasteiger partial charge in [0, 0.05) is 20.6 Å². The number of nitrogens with one attached hydrogen (secondary N) is 2. The van der Waals surface area contributed by atoms with Crippen molar-refractivity contribution in [2.24, 2.45) is 4.99 Å². The molecule has 2 N–H and O–H groups in total. The molecule has 148 valence electrons. The van der Waals surface area contributed by atoms with Crippen molar-refractivity contribution in [3.8, 4) is 11.5 Å². The van der Waals surface area contributed by atoms with Crippen LogP contribution in [0.2, 0.25) is 0 Å². The van der Waals surface area contributed by atoms with Crippen molar-refractivity contribution >= 4 is 35.8 Å². The van der Waals surface area contributed by atoms with Gasteiger partial charge in [-0.1, -0.05) is 19.1 Å². The molecule has 0 bridgehead atoms. The molecular formula is C18H31IN4O3. The van der Waals surface area contributed by atoms with Crippen LogP contribution >= 0.6 is 24.0 Å². The van der Waals surface area contributed by atoms with Gasteiger partial charge >= 0.3 is 0 Å². The minimum absolute atomic E-state index is 0. The Bertz CT molecular complexity index is 567. The van der Waals surface area contributed by atoms with Crippen LogP contribution in [0.15, 0.2) is 29.3 Å². The van der Waals surface area contributed by atoms with Crippen LogP contribution in [0, 0.1) is 0 Å². The molecular weight excluding hydrogens is 447 g/mol. The van der Waals surface area contributed by atoms with Crippen molar-refractivity contribution in [1.29, 1.82) is 0 Å². The lowest BCUT2D eigenvalue weighted by Crippen LogP contribution is -2.42. The van der Waals surface area contributed by atoms with Gasteiger partial charge in [0.15, 0.2) is 17.5 Å². The summed E-state index contributed by atoms with van der Waals surface area (Å²) >= 11 is 0. The third-order valence-electron chi connectivity index (χ3n) is 3.37. The lowest BCUT2D eigenvalue weighted by atomic mass is 10.3. The van der Waals surface area contributed by atoms with Crippen molar-refractivity contribution < 1.29 is 14.3 Å². The zero-order valence-corrected chi connectivity index (χ0v) is 18.6. The SMILES string of the molecule is CCCNC(=NCC(=O)N(C)C)NCC(C)Oc1ccccc1OC.I. The first-order valence-electron chi connectivity index (χ1n) is 8.49. The van der Waals surface area contributed by atoms with Gasteiger partial charge < -0.3 is 25.0 Å². The van der Waals surface area contributed by atoms with Gasteiger partial charge in [-0.15, -0.1) is 24.0 Å². The number of hydrogen-bond donors (Lipinski definition) is 2. The van der Waals surface area contributed by atoms with Crippen LogP contribution < -0.4 is 20.1 Å². The molecule has 0 saturated carbocycles. The summed E-state index contributed by atoms with van der Waals surface area (Å²) in [7, 11) is 5.05. The van der Waals surface area contributed by atoms with Crippen molar-refractivity contribution in [1.82, 2.24) is 15.5 Å². The van der Waals surface area contributed by atoms with Crippen LogP contribution in [0.3, 0.4) is 0 Å². The number of likely N-dealkylation sites (N-methyl/N-ethyl adjacent to an activating group) is 1. The van der Waals surface area contributed by atoms with Gasteiger partial charge in [0.1, 0.15) is 12.6 Å². The standard InChI is InChI=1S/C18H30N4O3.HI/c1-6-11-19-18(21-13-17(23)22(3)4)20-12-14(2)25-16-10-8-7-9-15(16)24-5;/h7-10,14H,6,11-13H2,1-5H3,(H2,19,20,21);1H. The van der Waals surface area contributed by atoms with Gasteiger partial charge in [-0.2, -0.15) is 0 Å². The topological polar surface area (TPSA) is 75.2 Å². The fourth-order valence-corrected chi connectivity index (χ4v) is 1.92. The first kappa shape index (κ1) is 24.3. The van der Waals surface area contributed by atoms with Crippen molar-refractivity contribution in [2.75, 3.05) is 40.8 Å². The smallest absolute Gasteiger partial charge is 0.243 e. The van der Waals surface area contributed by atoms with E-state index in [1.54, 1.807) is 21.2 Å². The number of hydrogen-bond acceptors (Lipinski definition) is 4. The number of carbonyl (C=O) groups is 1. The van der Waals surface area contributed by atoms with E-state index in [1.165, 1.54) is 4.90 Å². The van der Waals surface area contributed by atoms with E-state index in [1.807, 2.05) is 31.2 Å². The minimum atomic E-state index is -0.102. The highest BCUT2D eigenvalue weighted by Gasteiger charge is 2.10. The Balaban J connectivity index is 0.00000625. The maximum atomic E-state index is 11.7. The largest absolute Gasteiger partial charge is 0.493 e. The number of para-hydroxylation sites is 2. The molecule has 0 fully saturated rings.